The van der Waals surface area contributed by atoms with Crippen LogP contribution in [0.1, 0.15) is 51.3 Å². The summed E-state index contributed by atoms with van der Waals surface area (Å²) in [6, 6.07) is 17.2. The Bertz CT molecular complexity index is 1220. The minimum Gasteiger partial charge on any atom is -0.489 e. The van der Waals surface area contributed by atoms with Gasteiger partial charge in [0.05, 0.1) is 30.3 Å². The Morgan fingerprint density at radius 1 is 1.14 bits per heavy atom. The zero-order chi connectivity index (χ0) is 25.7. The van der Waals surface area contributed by atoms with Crippen molar-refractivity contribution in [1.82, 2.24) is 10.2 Å². The van der Waals surface area contributed by atoms with Gasteiger partial charge in [-0.25, -0.2) is 9.79 Å². The number of aliphatic imine (C=N–C) groups is 1. The minimum absolute atomic E-state index is 0.0353. The van der Waals surface area contributed by atoms with Crippen LogP contribution in [0.2, 0.25) is 0 Å². The van der Waals surface area contributed by atoms with Gasteiger partial charge >= 0.3 is 5.97 Å². The number of carbonyl (C=O) groups excluding carboxylic acids is 2. The highest BCUT2D eigenvalue weighted by Gasteiger charge is 2.41. The van der Waals surface area contributed by atoms with Crippen LogP contribution in [-0.2, 0) is 20.9 Å². The summed E-state index contributed by atoms with van der Waals surface area (Å²) in [7, 11) is 0. The largest absolute Gasteiger partial charge is 0.489 e. The van der Waals surface area contributed by atoms with E-state index in [1.54, 1.807) is 6.92 Å². The third-order valence-corrected chi connectivity index (χ3v) is 6.60. The van der Waals surface area contributed by atoms with Crippen molar-refractivity contribution >= 4 is 28.8 Å². The van der Waals surface area contributed by atoms with Crippen LogP contribution in [0.15, 0.2) is 82.0 Å². The Hall–Kier alpha value is -3.52. The van der Waals surface area contributed by atoms with Crippen molar-refractivity contribution in [1.29, 1.82) is 0 Å². The lowest BCUT2D eigenvalue weighted by molar-refractivity contribution is -0.139. The number of hydrogen-bond donors (Lipinski definition) is 1. The van der Waals surface area contributed by atoms with Crippen LogP contribution >= 0.6 is 11.8 Å². The molecule has 2 aliphatic heterocycles. The molecule has 0 saturated heterocycles. The summed E-state index contributed by atoms with van der Waals surface area (Å²) < 4.78 is 11.5. The van der Waals surface area contributed by atoms with Gasteiger partial charge in [0.2, 0.25) is 5.91 Å². The maximum Gasteiger partial charge on any atom is 0.338 e. The molecular weight excluding hydrogens is 474 g/mol. The molecule has 7 nitrogen and oxygen atoms in total. The Morgan fingerprint density at radius 2 is 1.92 bits per heavy atom. The number of amidine groups is 1. The van der Waals surface area contributed by atoms with Gasteiger partial charge in [-0.15, -0.1) is 0 Å². The number of fused-ring (bicyclic) bond motifs is 1. The zero-order valence-electron chi connectivity index (χ0n) is 21.0. The van der Waals surface area contributed by atoms with Crippen molar-refractivity contribution < 1.29 is 19.1 Å². The molecule has 36 heavy (non-hydrogen) atoms. The summed E-state index contributed by atoms with van der Waals surface area (Å²) in [5.74, 6) is 0.193. The standard InChI is InChI=1S/C28H31N3O4S/c1-5-34-27(33)25-19(4)30-28-31(22(17-36-28)15-24(32)29-18(2)3)26(25)21-12-9-13-23(14-21)35-16-20-10-7-6-8-11-20/h6-14,17-18,26H,5,15-16H2,1-4H3,(H,29,32)/t26-/m0/s1. The first kappa shape index (κ1) is 25.6. The Morgan fingerprint density at radius 3 is 2.64 bits per heavy atom. The lowest BCUT2D eigenvalue weighted by atomic mass is 9.93. The van der Waals surface area contributed by atoms with E-state index >= 15 is 0 Å². The molecular formula is C28H31N3O4S. The Kier molecular flexibility index (Phi) is 8.15. The monoisotopic (exact) mass is 505 g/mol. The summed E-state index contributed by atoms with van der Waals surface area (Å²) in [5, 5.41) is 5.61. The molecule has 0 spiro atoms. The topological polar surface area (TPSA) is 80.2 Å². The third-order valence-electron chi connectivity index (χ3n) is 5.71. The van der Waals surface area contributed by atoms with Gasteiger partial charge in [-0.2, -0.15) is 0 Å². The third kappa shape index (κ3) is 5.82. The summed E-state index contributed by atoms with van der Waals surface area (Å²) in [6.45, 7) is 8.15. The van der Waals surface area contributed by atoms with Crippen molar-refractivity contribution in [2.45, 2.75) is 52.8 Å². The van der Waals surface area contributed by atoms with Crippen LogP contribution < -0.4 is 10.1 Å². The number of nitrogens with one attached hydrogen (secondary N) is 1. The van der Waals surface area contributed by atoms with Crippen molar-refractivity contribution in [2.75, 3.05) is 6.61 Å². The molecule has 2 aromatic carbocycles. The van der Waals surface area contributed by atoms with Crippen molar-refractivity contribution in [3.05, 3.63) is 88.1 Å². The molecule has 0 aliphatic carbocycles. The normalized spacial score (nSPS) is 16.9. The molecule has 2 aromatic rings. The lowest BCUT2D eigenvalue weighted by Gasteiger charge is -2.36. The molecule has 0 radical (unpaired) electrons. The van der Waals surface area contributed by atoms with Crippen molar-refractivity contribution in [2.24, 2.45) is 4.99 Å². The number of carbonyl (C=O) groups is 2. The molecule has 188 valence electrons. The first-order valence-corrected chi connectivity index (χ1v) is 12.9. The van der Waals surface area contributed by atoms with Crippen LogP contribution in [-0.4, -0.2) is 34.6 Å². The maximum absolute atomic E-state index is 13.1. The van der Waals surface area contributed by atoms with E-state index in [1.807, 2.05) is 85.7 Å². The zero-order valence-corrected chi connectivity index (χ0v) is 21.8. The second kappa shape index (κ2) is 11.5. The highest BCUT2D eigenvalue weighted by molar-refractivity contribution is 8.16. The molecule has 0 saturated carbocycles. The average Bonchev–Trinajstić information content (AvgIpc) is 3.24. The summed E-state index contributed by atoms with van der Waals surface area (Å²) in [5.41, 5.74) is 3.77. The number of nitrogens with zero attached hydrogens (tertiary/aromatic N) is 2. The quantitative estimate of drug-likeness (QED) is 0.465. The molecule has 1 amide bonds. The highest BCUT2D eigenvalue weighted by atomic mass is 32.2. The molecule has 0 unspecified atom stereocenters. The fourth-order valence-electron chi connectivity index (χ4n) is 4.21. The van der Waals surface area contributed by atoms with Crippen molar-refractivity contribution in [3.63, 3.8) is 0 Å². The van der Waals surface area contributed by atoms with Gasteiger partial charge in [-0.1, -0.05) is 54.2 Å². The maximum atomic E-state index is 13.1. The van der Waals surface area contributed by atoms with Gasteiger partial charge in [0.15, 0.2) is 5.17 Å². The summed E-state index contributed by atoms with van der Waals surface area (Å²) in [4.78, 5) is 32.4. The first-order valence-electron chi connectivity index (χ1n) is 12.0. The van der Waals surface area contributed by atoms with Crippen LogP contribution in [0.25, 0.3) is 0 Å². The molecule has 0 bridgehead atoms. The predicted octanol–water partition coefficient (Wildman–Crippen LogP) is 5.32. The number of hydrogen-bond acceptors (Lipinski definition) is 7. The van der Waals surface area contributed by atoms with Gasteiger partial charge in [-0.05, 0) is 56.4 Å². The van der Waals surface area contributed by atoms with Crippen LogP contribution in [0.4, 0.5) is 0 Å². The molecule has 2 aliphatic rings. The predicted molar refractivity (Wildman–Crippen MR) is 142 cm³/mol. The SMILES string of the molecule is CCOC(=O)C1=C(C)N=C2SC=C(CC(=O)NC(C)C)N2[C@H]1c1cccc(OCc2ccccc2)c1. The summed E-state index contributed by atoms with van der Waals surface area (Å²) >= 11 is 1.45. The molecule has 0 fully saturated rings. The van der Waals surface area contributed by atoms with Crippen LogP contribution in [0, 0.1) is 0 Å². The molecule has 0 aromatic heterocycles. The van der Waals surface area contributed by atoms with E-state index in [-0.39, 0.29) is 25.0 Å². The number of thioether (sulfide) groups is 1. The number of allylic oxidation sites excluding steroid dienone is 1. The molecule has 8 heteroatoms. The van der Waals surface area contributed by atoms with Gasteiger partial charge in [0.1, 0.15) is 12.4 Å². The number of rotatable bonds is 9. The molecule has 1 atom stereocenters. The second-order valence-electron chi connectivity index (χ2n) is 8.86. The van der Waals surface area contributed by atoms with Crippen LogP contribution in [0.5, 0.6) is 5.75 Å². The van der Waals surface area contributed by atoms with Gasteiger partial charge in [0.25, 0.3) is 0 Å². The smallest absolute Gasteiger partial charge is 0.338 e. The number of ether oxygens (including phenoxy) is 2. The van der Waals surface area contributed by atoms with E-state index in [0.717, 1.165) is 22.0 Å². The van der Waals surface area contributed by atoms with Crippen LogP contribution in [0.3, 0.4) is 0 Å². The fourth-order valence-corrected chi connectivity index (χ4v) is 5.17. The lowest BCUT2D eigenvalue weighted by Crippen LogP contribution is -2.38. The van der Waals surface area contributed by atoms with E-state index in [0.29, 0.717) is 23.6 Å². The first-order chi connectivity index (χ1) is 17.4. The fraction of sp³-hybridized carbons (Fsp3) is 0.321. The van der Waals surface area contributed by atoms with Gasteiger partial charge in [0, 0.05) is 11.7 Å². The van der Waals surface area contributed by atoms with Gasteiger partial charge < -0.3 is 19.7 Å². The molecule has 1 N–H and O–H groups in total. The van der Waals surface area contributed by atoms with E-state index in [1.165, 1.54) is 11.8 Å². The Balaban J connectivity index is 1.68. The van der Waals surface area contributed by atoms with Gasteiger partial charge in [-0.3, -0.25) is 4.79 Å². The Labute approximate surface area is 216 Å². The number of amides is 1. The highest BCUT2D eigenvalue weighted by Crippen LogP contribution is 2.45. The molecule has 2 heterocycles. The average molecular weight is 506 g/mol. The molecule has 4 rings (SSSR count). The van der Waals surface area contributed by atoms with Crippen molar-refractivity contribution in [3.8, 4) is 5.75 Å². The summed E-state index contributed by atoms with van der Waals surface area (Å²) in [6.07, 6.45) is 0.181. The van der Waals surface area contributed by atoms with E-state index in [9.17, 15) is 9.59 Å². The van der Waals surface area contributed by atoms with E-state index < -0.39 is 12.0 Å². The minimum atomic E-state index is -0.495. The van der Waals surface area contributed by atoms with E-state index in [2.05, 4.69) is 5.32 Å². The second-order valence-corrected chi connectivity index (χ2v) is 9.70. The number of esters is 1. The number of benzene rings is 2. The van der Waals surface area contributed by atoms with E-state index in [4.69, 9.17) is 14.5 Å².